The van der Waals surface area contributed by atoms with Gasteiger partial charge in [-0.05, 0) is 77.0 Å². The van der Waals surface area contributed by atoms with Crippen LogP contribution in [-0.4, -0.2) is 39.8 Å². The van der Waals surface area contributed by atoms with Gasteiger partial charge in [-0.2, -0.15) is 8.42 Å². The lowest BCUT2D eigenvalue weighted by Crippen LogP contribution is -2.31. The summed E-state index contributed by atoms with van der Waals surface area (Å²) in [6.45, 7) is 5.11. The minimum atomic E-state index is -3.45. The Labute approximate surface area is 296 Å². The lowest BCUT2D eigenvalue weighted by Gasteiger charge is -2.28. The normalized spacial score (nSPS) is 18.8. The van der Waals surface area contributed by atoms with Crippen molar-refractivity contribution >= 4 is 10.1 Å². The summed E-state index contributed by atoms with van der Waals surface area (Å²) >= 11 is 0. The van der Waals surface area contributed by atoms with Gasteiger partial charge < -0.3 is 9.47 Å². The van der Waals surface area contributed by atoms with Crippen molar-refractivity contribution in [2.75, 3.05) is 19.5 Å². The van der Waals surface area contributed by atoms with Crippen LogP contribution >= 0.6 is 0 Å². The second-order valence-corrected chi connectivity index (χ2v) is 14.7. The zero-order valence-corrected chi connectivity index (χ0v) is 31.8. The maximum absolute atomic E-state index is 11.4. The molecule has 2 atom stereocenters. The molecule has 1 rings (SSSR count). The maximum Gasteiger partial charge on any atom is 0.264 e. The lowest BCUT2D eigenvalue weighted by molar-refractivity contribution is -0.180. The molecule has 6 heteroatoms. The van der Waals surface area contributed by atoms with Gasteiger partial charge in [-0.25, -0.2) is 0 Å². The Morgan fingerprint density at radius 3 is 1.58 bits per heavy atom. The van der Waals surface area contributed by atoms with Crippen molar-refractivity contribution in [1.29, 1.82) is 0 Å². The predicted molar refractivity (Wildman–Crippen MR) is 205 cm³/mol. The van der Waals surface area contributed by atoms with E-state index >= 15 is 0 Å². The van der Waals surface area contributed by atoms with Crippen molar-refractivity contribution in [1.82, 2.24) is 0 Å². The fourth-order valence-electron chi connectivity index (χ4n) is 5.61. The van der Waals surface area contributed by atoms with Crippen LogP contribution in [0.3, 0.4) is 0 Å². The Hall–Kier alpha value is -1.91. The molecule has 1 saturated heterocycles. The Kier molecular flexibility index (Phi) is 28.6. The molecule has 5 nitrogen and oxygen atoms in total. The summed E-state index contributed by atoms with van der Waals surface area (Å²) in [5, 5.41) is 0. The van der Waals surface area contributed by atoms with Gasteiger partial charge in [-0.15, -0.1) is 0 Å². The molecule has 1 aliphatic heterocycles. The molecule has 1 heterocycles. The van der Waals surface area contributed by atoms with E-state index < -0.39 is 15.9 Å². The van der Waals surface area contributed by atoms with Crippen LogP contribution < -0.4 is 0 Å². The minimum absolute atomic E-state index is 0.125. The van der Waals surface area contributed by atoms with Gasteiger partial charge in [0.05, 0.1) is 25.6 Å². The van der Waals surface area contributed by atoms with E-state index in [2.05, 4.69) is 86.4 Å². The fourth-order valence-corrected chi connectivity index (χ4v) is 6.01. The molecule has 0 spiro atoms. The van der Waals surface area contributed by atoms with Crippen molar-refractivity contribution in [3.63, 3.8) is 0 Å². The summed E-state index contributed by atoms with van der Waals surface area (Å²) in [6.07, 6.45) is 48.5. The van der Waals surface area contributed by atoms with Crippen LogP contribution in [0.5, 0.6) is 0 Å². The molecule has 0 bridgehead atoms. The number of allylic oxidation sites excluding steroid dienone is 10. The van der Waals surface area contributed by atoms with Crippen molar-refractivity contribution in [2.45, 2.75) is 173 Å². The second-order valence-electron chi connectivity index (χ2n) is 13.1. The summed E-state index contributed by atoms with van der Waals surface area (Å²) in [5.74, 6) is 5.92. The van der Waals surface area contributed by atoms with E-state index in [9.17, 15) is 8.42 Å². The summed E-state index contributed by atoms with van der Waals surface area (Å²) in [6, 6.07) is 0. The van der Waals surface area contributed by atoms with Gasteiger partial charge in [0.2, 0.25) is 0 Å². The standard InChI is InChI=1S/C42H70O5S/c1-4-6-8-10-12-14-16-18-20-22-24-26-28-30-32-34-37-42(45-40-41(47-42)36-39-46-48(3,43)44)38-35-33-31-29-27-25-23-21-19-17-15-13-11-9-7-5-2/h12-15,18,20,24-27,41H,4-11,16-17,22-23,28-40H2,1-3H3. The third kappa shape index (κ3) is 28.0. The molecule has 2 unspecified atom stereocenters. The van der Waals surface area contributed by atoms with Gasteiger partial charge in [0.1, 0.15) is 0 Å². The van der Waals surface area contributed by atoms with Crippen LogP contribution in [0.15, 0.2) is 60.8 Å². The molecule has 274 valence electrons. The number of hydrogen-bond donors (Lipinski definition) is 0. The van der Waals surface area contributed by atoms with Crippen LogP contribution in [0.2, 0.25) is 0 Å². The molecule has 0 radical (unpaired) electrons. The molecular weight excluding hydrogens is 617 g/mol. The van der Waals surface area contributed by atoms with Crippen molar-refractivity contribution in [3.05, 3.63) is 60.8 Å². The molecule has 1 fully saturated rings. The van der Waals surface area contributed by atoms with Crippen LogP contribution in [0.1, 0.15) is 162 Å². The molecule has 0 aromatic rings. The SMILES string of the molecule is CCCCCC=CCC#CCC=CCCCCCC1(CCCCCC=CCC=CCC=CCCCCC)OCC(CCOS(C)(=O)=O)O1. The molecule has 0 aliphatic carbocycles. The van der Waals surface area contributed by atoms with E-state index in [-0.39, 0.29) is 12.7 Å². The smallest absolute Gasteiger partial charge is 0.264 e. The molecule has 0 saturated carbocycles. The molecular formula is C42H70O5S. The predicted octanol–water partition coefficient (Wildman–Crippen LogP) is 11.9. The highest BCUT2D eigenvalue weighted by molar-refractivity contribution is 7.85. The van der Waals surface area contributed by atoms with Gasteiger partial charge in [0, 0.05) is 32.1 Å². The van der Waals surface area contributed by atoms with E-state index in [0.29, 0.717) is 13.0 Å². The van der Waals surface area contributed by atoms with Crippen LogP contribution in [0, 0.1) is 11.8 Å². The van der Waals surface area contributed by atoms with Gasteiger partial charge in [0.25, 0.3) is 10.1 Å². The van der Waals surface area contributed by atoms with E-state index in [4.69, 9.17) is 13.7 Å². The zero-order chi connectivity index (χ0) is 34.9. The Morgan fingerprint density at radius 1 is 0.646 bits per heavy atom. The summed E-state index contributed by atoms with van der Waals surface area (Å²) in [7, 11) is -3.45. The quantitative estimate of drug-likeness (QED) is 0.0326. The van der Waals surface area contributed by atoms with Crippen LogP contribution in [-0.2, 0) is 23.8 Å². The molecule has 48 heavy (non-hydrogen) atoms. The Morgan fingerprint density at radius 2 is 1.10 bits per heavy atom. The van der Waals surface area contributed by atoms with Crippen molar-refractivity contribution < 1.29 is 22.1 Å². The molecule has 0 amide bonds. The molecule has 1 aliphatic rings. The van der Waals surface area contributed by atoms with Crippen LogP contribution in [0.25, 0.3) is 0 Å². The highest BCUT2D eigenvalue weighted by Crippen LogP contribution is 2.35. The minimum Gasteiger partial charge on any atom is -0.347 e. The van der Waals surface area contributed by atoms with E-state index in [1.807, 2.05) is 0 Å². The number of rotatable bonds is 30. The van der Waals surface area contributed by atoms with E-state index in [1.165, 1.54) is 51.4 Å². The first-order valence-electron chi connectivity index (χ1n) is 19.3. The van der Waals surface area contributed by atoms with Gasteiger partial charge in [-0.1, -0.05) is 125 Å². The number of unbranched alkanes of at least 4 members (excludes halogenated alkanes) is 12. The average molecular weight is 687 g/mol. The van der Waals surface area contributed by atoms with Crippen molar-refractivity contribution in [2.24, 2.45) is 0 Å². The van der Waals surface area contributed by atoms with Gasteiger partial charge in [0.15, 0.2) is 5.79 Å². The van der Waals surface area contributed by atoms with E-state index in [1.54, 1.807) is 0 Å². The van der Waals surface area contributed by atoms with Gasteiger partial charge in [-0.3, -0.25) is 4.18 Å². The highest BCUT2D eigenvalue weighted by atomic mass is 32.2. The first-order valence-corrected chi connectivity index (χ1v) is 21.1. The lowest BCUT2D eigenvalue weighted by atomic mass is 9.99. The number of ether oxygens (including phenoxy) is 2. The van der Waals surface area contributed by atoms with E-state index in [0.717, 1.165) is 96.1 Å². The Balaban J connectivity index is 2.31. The summed E-state index contributed by atoms with van der Waals surface area (Å²) < 4.78 is 40.4. The van der Waals surface area contributed by atoms with Gasteiger partial charge >= 0.3 is 0 Å². The fraction of sp³-hybridized carbons (Fsp3) is 0.714. The Bertz CT molecular complexity index is 1080. The van der Waals surface area contributed by atoms with Crippen molar-refractivity contribution in [3.8, 4) is 11.8 Å². The molecule has 0 N–H and O–H groups in total. The second kappa shape index (κ2) is 31.1. The monoisotopic (exact) mass is 686 g/mol. The number of hydrogen-bond acceptors (Lipinski definition) is 5. The zero-order valence-electron chi connectivity index (χ0n) is 31.0. The summed E-state index contributed by atoms with van der Waals surface area (Å²) in [5.41, 5.74) is 0. The first-order chi connectivity index (χ1) is 23.4. The maximum atomic E-state index is 11.4. The van der Waals surface area contributed by atoms with Crippen LogP contribution in [0.4, 0.5) is 0 Å². The largest absolute Gasteiger partial charge is 0.347 e. The topological polar surface area (TPSA) is 61.8 Å². The highest BCUT2D eigenvalue weighted by Gasteiger charge is 2.40. The molecule has 0 aromatic heterocycles. The third-order valence-electron chi connectivity index (χ3n) is 8.40. The first kappa shape index (κ1) is 44.1. The average Bonchev–Trinajstić information content (AvgIpc) is 3.46. The summed E-state index contributed by atoms with van der Waals surface area (Å²) in [4.78, 5) is 0. The third-order valence-corrected chi connectivity index (χ3v) is 8.99. The molecule has 0 aromatic carbocycles.